The van der Waals surface area contributed by atoms with E-state index in [2.05, 4.69) is 20.8 Å². The summed E-state index contributed by atoms with van der Waals surface area (Å²) in [4.78, 5) is 11.8. The summed E-state index contributed by atoms with van der Waals surface area (Å²) in [6.07, 6.45) is 2.93. The van der Waals surface area contributed by atoms with Crippen LogP contribution >= 0.6 is 0 Å². The Labute approximate surface area is 135 Å². The van der Waals surface area contributed by atoms with E-state index in [1.165, 1.54) is 0 Å². The van der Waals surface area contributed by atoms with Crippen LogP contribution in [-0.2, 0) is 6.42 Å². The average Bonchev–Trinajstić information content (AvgIpc) is 3.40. The molecule has 0 unspecified atom stereocenters. The summed E-state index contributed by atoms with van der Waals surface area (Å²) in [6.45, 7) is 0.711. The fourth-order valence-electron chi connectivity index (χ4n) is 2.27. The number of hydrogen-bond donors (Lipinski definition) is 2. The van der Waals surface area contributed by atoms with Crippen molar-refractivity contribution in [3.05, 3.63) is 47.7 Å². The van der Waals surface area contributed by atoms with Gasteiger partial charge in [-0.05, 0) is 43.0 Å². The molecule has 120 valence electrons. The minimum atomic E-state index is -0.152. The molecule has 0 saturated heterocycles. The monoisotopic (exact) mass is 312 g/mol. The number of aromatic nitrogens is 2. The number of carbonyl (C=O) groups excluding carboxylic acids is 1. The second-order valence-electron chi connectivity index (χ2n) is 5.54. The van der Waals surface area contributed by atoms with Gasteiger partial charge in [-0.15, -0.1) is 10.2 Å². The molecule has 0 spiro atoms. The molecule has 2 N–H and O–H groups in total. The first-order chi connectivity index (χ1) is 11.3. The summed E-state index contributed by atoms with van der Waals surface area (Å²) in [7, 11) is 1.67. The number of anilines is 1. The standard InChI is InChI=1S/C17H20N4O2/c1-23-15-5-3-2-4-12(15)10-11-18-16-9-8-14(20-21-16)17(22)19-13-6-7-13/h2-5,8-9,13H,6-7,10-11H2,1H3,(H,18,21)(H,19,22). The smallest absolute Gasteiger partial charge is 0.272 e. The van der Waals surface area contributed by atoms with E-state index in [4.69, 9.17) is 4.74 Å². The zero-order chi connectivity index (χ0) is 16.1. The third kappa shape index (κ3) is 4.18. The minimum Gasteiger partial charge on any atom is -0.496 e. The van der Waals surface area contributed by atoms with Gasteiger partial charge in [-0.25, -0.2) is 0 Å². The number of ether oxygens (including phenoxy) is 1. The molecule has 6 heteroatoms. The highest BCUT2D eigenvalue weighted by Gasteiger charge is 2.24. The summed E-state index contributed by atoms with van der Waals surface area (Å²) in [5.74, 6) is 1.39. The molecule has 0 radical (unpaired) electrons. The zero-order valence-corrected chi connectivity index (χ0v) is 13.1. The van der Waals surface area contributed by atoms with Crippen molar-refractivity contribution >= 4 is 11.7 Å². The summed E-state index contributed by atoms with van der Waals surface area (Å²) >= 11 is 0. The maximum absolute atomic E-state index is 11.8. The van der Waals surface area contributed by atoms with Gasteiger partial charge in [-0.2, -0.15) is 0 Å². The van der Waals surface area contributed by atoms with Crippen LogP contribution in [-0.4, -0.2) is 35.8 Å². The number of amides is 1. The molecule has 6 nitrogen and oxygen atoms in total. The van der Waals surface area contributed by atoms with Crippen LogP contribution in [0.25, 0.3) is 0 Å². The number of rotatable bonds is 7. The molecule has 1 aliphatic carbocycles. The van der Waals surface area contributed by atoms with Gasteiger partial charge in [-0.1, -0.05) is 18.2 Å². The Hall–Kier alpha value is -2.63. The van der Waals surface area contributed by atoms with Crippen LogP contribution < -0.4 is 15.4 Å². The number of methoxy groups -OCH3 is 1. The van der Waals surface area contributed by atoms with Gasteiger partial charge in [0.15, 0.2) is 5.69 Å². The first kappa shape index (κ1) is 15.3. The van der Waals surface area contributed by atoms with Gasteiger partial charge in [0, 0.05) is 12.6 Å². The van der Waals surface area contributed by atoms with Crippen molar-refractivity contribution in [2.45, 2.75) is 25.3 Å². The number of hydrogen-bond acceptors (Lipinski definition) is 5. The van der Waals surface area contributed by atoms with E-state index >= 15 is 0 Å². The molecule has 0 bridgehead atoms. The van der Waals surface area contributed by atoms with Crippen molar-refractivity contribution in [3.8, 4) is 5.75 Å². The van der Waals surface area contributed by atoms with Gasteiger partial charge in [0.25, 0.3) is 5.91 Å². The molecule has 0 aliphatic heterocycles. The fraction of sp³-hybridized carbons (Fsp3) is 0.353. The lowest BCUT2D eigenvalue weighted by Crippen LogP contribution is -2.26. The van der Waals surface area contributed by atoms with Crippen LogP contribution in [0.3, 0.4) is 0 Å². The number of benzene rings is 1. The second kappa shape index (κ2) is 7.09. The molecular weight excluding hydrogens is 292 g/mol. The molecule has 1 heterocycles. The predicted octanol–water partition coefficient (Wildman–Crippen LogP) is 2.03. The van der Waals surface area contributed by atoms with Crippen LogP contribution in [0, 0.1) is 0 Å². The Kier molecular flexibility index (Phi) is 4.71. The Morgan fingerprint density at radius 3 is 2.74 bits per heavy atom. The Morgan fingerprint density at radius 2 is 2.04 bits per heavy atom. The molecule has 3 rings (SSSR count). The van der Waals surface area contributed by atoms with Gasteiger partial charge in [-0.3, -0.25) is 4.79 Å². The summed E-state index contributed by atoms with van der Waals surface area (Å²) < 4.78 is 5.33. The van der Waals surface area contributed by atoms with E-state index in [0.717, 1.165) is 30.6 Å². The van der Waals surface area contributed by atoms with Crippen LogP contribution in [0.2, 0.25) is 0 Å². The molecule has 1 aromatic heterocycles. The lowest BCUT2D eigenvalue weighted by Gasteiger charge is -2.09. The number of carbonyl (C=O) groups is 1. The van der Waals surface area contributed by atoms with Gasteiger partial charge in [0.1, 0.15) is 11.6 Å². The zero-order valence-electron chi connectivity index (χ0n) is 13.1. The van der Waals surface area contributed by atoms with Gasteiger partial charge in [0.2, 0.25) is 0 Å². The first-order valence-electron chi connectivity index (χ1n) is 7.76. The van der Waals surface area contributed by atoms with Crippen molar-refractivity contribution in [2.24, 2.45) is 0 Å². The SMILES string of the molecule is COc1ccccc1CCNc1ccc(C(=O)NC2CC2)nn1. The molecule has 1 saturated carbocycles. The average molecular weight is 312 g/mol. The quantitative estimate of drug-likeness (QED) is 0.818. The molecule has 2 aromatic rings. The van der Waals surface area contributed by atoms with E-state index in [0.29, 0.717) is 24.1 Å². The van der Waals surface area contributed by atoms with Crippen molar-refractivity contribution in [3.63, 3.8) is 0 Å². The Bertz CT molecular complexity index is 669. The van der Waals surface area contributed by atoms with Gasteiger partial charge in [0.05, 0.1) is 7.11 Å². The first-order valence-corrected chi connectivity index (χ1v) is 7.76. The number of nitrogens with zero attached hydrogens (tertiary/aromatic N) is 2. The predicted molar refractivity (Wildman–Crippen MR) is 87.7 cm³/mol. The highest BCUT2D eigenvalue weighted by atomic mass is 16.5. The van der Waals surface area contributed by atoms with Gasteiger partial charge >= 0.3 is 0 Å². The van der Waals surface area contributed by atoms with Crippen LogP contribution in [0.15, 0.2) is 36.4 Å². The summed E-state index contributed by atoms with van der Waals surface area (Å²) in [5.41, 5.74) is 1.49. The molecule has 1 aliphatic rings. The summed E-state index contributed by atoms with van der Waals surface area (Å²) in [6, 6.07) is 11.7. The normalized spacial score (nSPS) is 13.4. The van der Waals surface area contributed by atoms with Crippen molar-refractivity contribution < 1.29 is 9.53 Å². The number of para-hydroxylation sites is 1. The van der Waals surface area contributed by atoms with Crippen molar-refractivity contribution in [1.82, 2.24) is 15.5 Å². The fourth-order valence-corrected chi connectivity index (χ4v) is 2.27. The molecule has 23 heavy (non-hydrogen) atoms. The van der Waals surface area contributed by atoms with Crippen LogP contribution in [0.5, 0.6) is 5.75 Å². The van der Waals surface area contributed by atoms with E-state index in [-0.39, 0.29) is 5.91 Å². The molecular formula is C17H20N4O2. The molecule has 0 atom stereocenters. The lowest BCUT2D eigenvalue weighted by molar-refractivity contribution is 0.0945. The van der Waals surface area contributed by atoms with E-state index in [9.17, 15) is 4.79 Å². The number of nitrogens with one attached hydrogen (secondary N) is 2. The van der Waals surface area contributed by atoms with Crippen molar-refractivity contribution in [2.75, 3.05) is 19.0 Å². The van der Waals surface area contributed by atoms with Crippen LogP contribution in [0.4, 0.5) is 5.82 Å². The largest absolute Gasteiger partial charge is 0.496 e. The topological polar surface area (TPSA) is 76.1 Å². The van der Waals surface area contributed by atoms with Crippen LogP contribution in [0.1, 0.15) is 28.9 Å². The molecule has 1 aromatic carbocycles. The van der Waals surface area contributed by atoms with E-state index in [1.807, 2.05) is 24.3 Å². The highest BCUT2D eigenvalue weighted by Crippen LogP contribution is 2.19. The second-order valence-corrected chi connectivity index (χ2v) is 5.54. The molecule has 1 fully saturated rings. The maximum atomic E-state index is 11.8. The van der Waals surface area contributed by atoms with Crippen molar-refractivity contribution in [1.29, 1.82) is 0 Å². The lowest BCUT2D eigenvalue weighted by atomic mass is 10.1. The highest BCUT2D eigenvalue weighted by molar-refractivity contribution is 5.92. The summed E-state index contributed by atoms with van der Waals surface area (Å²) in [5, 5.41) is 14.1. The van der Waals surface area contributed by atoms with Gasteiger partial charge < -0.3 is 15.4 Å². The Balaban J connectivity index is 1.51. The van der Waals surface area contributed by atoms with E-state index in [1.54, 1.807) is 19.2 Å². The maximum Gasteiger partial charge on any atom is 0.272 e. The molecule has 1 amide bonds. The van der Waals surface area contributed by atoms with E-state index < -0.39 is 0 Å². The minimum absolute atomic E-state index is 0.152. The Morgan fingerprint density at radius 1 is 1.22 bits per heavy atom. The third-order valence-electron chi connectivity index (χ3n) is 3.70. The third-order valence-corrected chi connectivity index (χ3v) is 3.70.